The molecule has 0 saturated heterocycles. The molecule has 0 rings (SSSR count). The van der Waals surface area contributed by atoms with Gasteiger partial charge in [0.25, 0.3) is 0 Å². The Balaban J connectivity index is 4.14. The molecule has 2 N–H and O–H groups in total. The molecule has 0 amide bonds. The summed E-state index contributed by atoms with van der Waals surface area (Å²) in [5.74, 6) is 0. The third-order valence-corrected chi connectivity index (χ3v) is 0.651. The van der Waals surface area contributed by atoms with E-state index >= 15 is 0 Å². The van der Waals surface area contributed by atoms with Crippen molar-refractivity contribution < 1.29 is 4.92 Å². The van der Waals surface area contributed by atoms with Gasteiger partial charge in [0.05, 0.1) is 17.3 Å². The molecule has 0 heterocycles. The highest BCUT2D eigenvalue weighted by molar-refractivity contribution is 5.71. The fourth-order valence-corrected chi connectivity index (χ4v) is 0.295. The van der Waals surface area contributed by atoms with Gasteiger partial charge in [0.15, 0.2) is 0 Å². The van der Waals surface area contributed by atoms with E-state index in [1.807, 2.05) is 0 Å². The fourth-order valence-electron chi connectivity index (χ4n) is 0.295. The smallest absolute Gasteiger partial charge is 0.302 e. The zero-order valence-electron chi connectivity index (χ0n) is 4.92. The number of nitrogens with one attached hydrogen (secondary N) is 2. The highest BCUT2D eigenvalue weighted by Gasteiger charge is 2.02. The molecule has 9 heavy (non-hydrogen) atoms. The van der Waals surface area contributed by atoms with Crippen LogP contribution in [0.1, 0.15) is 0 Å². The van der Waals surface area contributed by atoms with Gasteiger partial charge in [-0.15, -0.1) is 0 Å². The molecule has 5 heteroatoms. The summed E-state index contributed by atoms with van der Waals surface area (Å²) in [6.07, 6.45) is 1.82. The van der Waals surface area contributed by atoms with Gasteiger partial charge in [-0.3, -0.25) is 10.1 Å². The Morgan fingerprint density at radius 2 is 2.44 bits per heavy atom. The van der Waals surface area contributed by atoms with Crippen LogP contribution in [-0.2, 0) is 0 Å². The van der Waals surface area contributed by atoms with Crippen LogP contribution in [0.3, 0.4) is 0 Å². The van der Waals surface area contributed by atoms with E-state index in [9.17, 15) is 10.1 Å². The predicted octanol–water partition coefficient (Wildman–Crippen LogP) is -0.0265. The van der Waals surface area contributed by atoms with Crippen LogP contribution in [0.2, 0.25) is 0 Å². The molecular weight excluding hydrogens is 122 g/mol. The monoisotopic (exact) mass is 129 g/mol. The number of hydrogen-bond donors (Lipinski definition) is 2. The summed E-state index contributed by atoms with van der Waals surface area (Å²) in [7, 11) is 1.53. The standard InChI is InChI=1S/C4H7N3O2/c1-6-3-4(2-5)7(8)9/h2-3,5-6H,1H3/b4-3+,5-2?. The van der Waals surface area contributed by atoms with Gasteiger partial charge in [-0.2, -0.15) is 0 Å². The van der Waals surface area contributed by atoms with Gasteiger partial charge in [0.1, 0.15) is 0 Å². The molecule has 0 saturated carbocycles. The van der Waals surface area contributed by atoms with Crippen molar-refractivity contribution in [3.63, 3.8) is 0 Å². The predicted molar refractivity (Wildman–Crippen MR) is 32.9 cm³/mol. The Bertz CT molecular complexity index is 152. The molecule has 0 aliphatic heterocycles. The Kier molecular flexibility index (Phi) is 3.04. The van der Waals surface area contributed by atoms with Crippen LogP contribution >= 0.6 is 0 Å². The van der Waals surface area contributed by atoms with Crippen LogP contribution in [0.4, 0.5) is 0 Å². The molecule has 0 aromatic rings. The average Bonchev–Trinajstić information content (AvgIpc) is 1.82. The number of nitro groups is 1. The summed E-state index contributed by atoms with van der Waals surface area (Å²) in [6, 6.07) is 0. The summed E-state index contributed by atoms with van der Waals surface area (Å²) in [4.78, 5) is 9.23. The molecule has 0 bridgehead atoms. The Hall–Kier alpha value is -1.39. The van der Waals surface area contributed by atoms with Crippen molar-refractivity contribution in [1.82, 2.24) is 5.32 Å². The molecular formula is C4H7N3O2. The largest absolute Gasteiger partial charge is 0.388 e. The molecule has 50 valence electrons. The fraction of sp³-hybridized carbons (Fsp3) is 0.250. The van der Waals surface area contributed by atoms with Crippen molar-refractivity contribution in [1.29, 1.82) is 5.41 Å². The lowest BCUT2D eigenvalue weighted by Crippen LogP contribution is -2.04. The van der Waals surface area contributed by atoms with Crippen molar-refractivity contribution in [3.05, 3.63) is 22.0 Å². The zero-order valence-corrected chi connectivity index (χ0v) is 4.92. The molecule has 0 aromatic heterocycles. The van der Waals surface area contributed by atoms with E-state index in [2.05, 4.69) is 5.32 Å². The molecule has 0 radical (unpaired) electrons. The van der Waals surface area contributed by atoms with Crippen LogP contribution in [0, 0.1) is 15.5 Å². The first-order valence-electron chi connectivity index (χ1n) is 2.24. The van der Waals surface area contributed by atoms with Crippen molar-refractivity contribution >= 4 is 6.21 Å². The van der Waals surface area contributed by atoms with E-state index < -0.39 is 4.92 Å². The van der Waals surface area contributed by atoms with Gasteiger partial charge >= 0.3 is 5.70 Å². The van der Waals surface area contributed by atoms with E-state index in [-0.39, 0.29) is 5.70 Å². The van der Waals surface area contributed by atoms with Crippen molar-refractivity contribution in [2.24, 2.45) is 0 Å². The molecule has 0 spiro atoms. The summed E-state index contributed by atoms with van der Waals surface area (Å²) < 4.78 is 0. The van der Waals surface area contributed by atoms with E-state index in [0.29, 0.717) is 6.21 Å². The van der Waals surface area contributed by atoms with Gasteiger partial charge in [-0.05, 0) is 0 Å². The average molecular weight is 129 g/mol. The summed E-state index contributed by atoms with van der Waals surface area (Å²) in [6.45, 7) is 0. The van der Waals surface area contributed by atoms with Crippen molar-refractivity contribution in [2.45, 2.75) is 0 Å². The van der Waals surface area contributed by atoms with Crippen molar-refractivity contribution in [2.75, 3.05) is 7.05 Å². The van der Waals surface area contributed by atoms with E-state index in [1.165, 1.54) is 7.05 Å². The topological polar surface area (TPSA) is 79.0 Å². The minimum absolute atomic E-state index is 0.252. The van der Waals surface area contributed by atoms with Crippen LogP contribution in [0.5, 0.6) is 0 Å². The first kappa shape index (κ1) is 7.61. The first-order chi connectivity index (χ1) is 4.22. The molecule has 0 unspecified atom stereocenters. The third kappa shape index (κ3) is 2.43. The molecule has 0 aliphatic carbocycles. The Morgan fingerprint density at radius 3 is 2.56 bits per heavy atom. The van der Waals surface area contributed by atoms with Crippen molar-refractivity contribution in [3.8, 4) is 0 Å². The lowest BCUT2D eigenvalue weighted by atomic mass is 10.5. The van der Waals surface area contributed by atoms with Crippen LogP contribution in [-0.4, -0.2) is 18.2 Å². The van der Waals surface area contributed by atoms with E-state index in [0.717, 1.165) is 6.20 Å². The zero-order chi connectivity index (χ0) is 7.28. The molecule has 0 fully saturated rings. The van der Waals surface area contributed by atoms with Crippen LogP contribution in [0.25, 0.3) is 0 Å². The maximum absolute atomic E-state index is 9.87. The maximum atomic E-state index is 9.87. The summed E-state index contributed by atoms with van der Waals surface area (Å²) in [5.41, 5.74) is -0.252. The minimum atomic E-state index is -0.635. The molecule has 0 aromatic carbocycles. The first-order valence-corrected chi connectivity index (χ1v) is 2.24. The summed E-state index contributed by atoms with van der Waals surface area (Å²) in [5, 5.41) is 18.8. The van der Waals surface area contributed by atoms with Crippen LogP contribution < -0.4 is 5.32 Å². The number of nitrogens with zero attached hydrogens (tertiary/aromatic N) is 1. The molecule has 0 aliphatic rings. The van der Waals surface area contributed by atoms with Gasteiger partial charge in [0, 0.05) is 7.05 Å². The SMILES string of the molecule is CN/C=C(\C=N)[N+](=O)[O-]. The van der Waals surface area contributed by atoms with E-state index in [1.54, 1.807) is 0 Å². The molecule has 5 nitrogen and oxygen atoms in total. The maximum Gasteiger partial charge on any atom is 0.302 e. The van der Waals surface area contributed by atoms with Gasteiger partial charge in [0.2, 0.25) is 0 Å². The van der Waals surface area contributed by atoms with Crippen LogP contribution in [0.15, 0.2) is 11.9 Å². The third-order valence-electron chi connectivity index (χ3n) is 0.651. The second-order valence-electron chi connectivity index (χ2n) is 1.26. The highest BCUT2D eigenvalue weighted by Crippen LogP contribution is 1.85. The van der Waals surface area contributed by atoms with Gasteiger partial charge in [-0.25, -0.2) is 0 Å². The quantitative estimate of drug-likeness (QED) is 0.319. The Morgan fingerprint density at radius 1 is 1.89 bits per heavy atom. The summed E-state index contributed by atoms with van der Waals surface area (Å²) >= 11 is 0. The van der Waals surface area contributed by atoms with Gasteiger partial charge in [-0.1, -0.05) is 0 Å². The number of allylic oxidation sites excluding steroid dienone is 1. The number of hydrogen-bond acceptors (Lipinski definition) is 4. The van der Waals surface area contributed by atoms with Gasteiger partial charge < -0.3 is 10.7 Å². The number of rotatable bonds is 3. The lowest BCUT2D eigenvalue weighted by molar-refractivity contribution is -0.414. The normalized spacial score (nSPS) is 10.6. The lowest BCUT2D eigenvalue weighted by Gasteiger charge is -1.87. The highest BCUT2D eigenvalue weighted by atomic mass is 16.6. The molecule has 0 atom stereocenters. The second-order valence-corrected chi connectivity index (χ2v) is 1.26. The minimum Gasteiger partial charge on any atom is -0.388 e. The van der Waals surface area contributed by atoms with E-state index in [4.69, 9.17) is 5.41 Å². The Labute approximate surface area is 52.0 Å². The second kappa shape index (κ2) is 3.59.